The van der Waals surface area contributed by atoms with Crippen LogP contribution in [0.3, 0.4) is 0 Å². The number of nitrogens with one attached hydrogen (secondary N) is 2. The lowest BCUT2D eigenvalue weighted by atomic mass is 9.78. The van der Waals surface area contributed by atoms with Crippen LogP contribution in [-0.4, -0.2) is 89.3 Å². The molecule has 304 valence electrons. The van der Waals surface area contributed by atoms with Crippen LogP contribution in [0, 0.1) is 5.92 Å². The Morgan fingerprint density at radius 3 is 2.41 bits per heavy atom. The summed E-state index contributed by atoms with van der Waals surface area (Å²) >= 11 is 0. The average Bonchev–Trinajstić information content (AvgIpc) is 3.84. The molecule has 0 bridgehead atoms. The van der Waals surface area contributed by atoms with Gasteiger partial charge in [-0.1, -0.05) is 19.8 Å². The molecule has 0 saturated heterocycles. The van der Waals surface area contributed by atoms with Crippen LogP contribution < -0.4 is 25.2 Å². The molecule has 2 N–H and O–H groups in total. The molecule has 6 rings (SSSR count). The number of likely N-dealkylation sites (N-methyl/N-ethyl adjacent to an activating group) is 1. The van der Waals surface area contributed by atoms with Crippen molar-refractivity contribution in [3.8, 4) is 5.75 Å². The number of alkyl carbamates (subject to hydrolysis) is 1. The number of hydrogen-bond donors (Lipinski definition) is 2. The monoisotopic (exact) mass is 776 g/mol. The van der Waals surface area contributed by atoms with Gasteiger partial charge in [-0.3, -0.25) is 19.2 Å². The second-order valence-corrected chi connectivity index (χ2v) is 16.4. The molecule has 2 amide bonds. The Labute approximate surface area is 328 Å². The highest BCUT2D eigenvalue weighted by atomic mass is 16.6. The standard InChI is InChI=1S/C41H56N6O9/c1-8-31-38(51)46(7)32-22-42-39(45-37(32)47(31)26-13-9-10-14-26)43-29-17-16-27(28-18-19-53-36(28)29)33(50)15-11-12-25-20-35(55-24(3)49)30(21-34(25)54-23(2)48)44-40(52)56-41(4,5)6/h16-17,22,25-26,30-31,34-35H,8-15,18-21H2,1-7H3,(H,44,52)(H,42,43,45). The molecular formula is C41H56N6O9. The molecule has 5 atom stereocenters. The van der Waals surface area contributed by atoms with Crippen LogP contribution >= 0.6 is 0 Å². The zero-order valence-electron chi connectivity index (χ0n) is 33.6. The highest BCUT2D eigenvalue weighted by Crippen LogP contribution is 2.42. The number of rotatable bonds is 12. The summed E-state index contributed by atoms with van der Waals surface area (Å²) in [4.78, 5) is 77.3. The van der Waals surface area contributed by atoms with Crippen LogP contribution in [0.1, 0.15) is 122 Å². The van der Waals surface area contributed by atoms with Crippen molar-refractivity contribution >= 4 is 52.9 Å². The Morgan fingerprint density at radius 1 is 1.02 bits per heavy atom. The normalized spacial score (nSPS) is 23.5. The molecule has 2 aromatic rings. The maximum Gasteiger partial charge on any atom is 0.408 e. The van der Waals surface area contributed by atoms with Gasteiger partial charge in [-0.05, 0) is 77.3 Å². The highest BCUT2D eigenvalue weighted by Gasteiger charge is 2.43. The van der Waals surface area contributed by atoms with Crippen molar-refractivity contribution in [3.05, 3.63) is 29.5 Å². The third-order valence-corrected chi connectivity index (χ3v) is 11.1. The summed E-state index contributed by atoms with van der Waals surface area (Å²) < 4.78 is 22.8. The van der Waals surface area contributed by atoms with E-state index in [1.54, 1.807) is 38.9 Å². The van der Waals surface area contributed by atoms with Gasteiger partial charge in [0.15, 0.2) is 11.6 Å². The molecule has 0 spiro atoms. The first-order valence-electron chi connectivity index (χ1n) is 20.0. The number of carbonyl (C=O) groups is 5. The number of ketones is 1. The second-order valence-electron chi connectivity index (χ2n) is 16.4. The lowest BCUT2D eigenvalue weighted by Crippen LogP contribution is -2.55. The Bertz CT molecular complexity index is 1820. The molecule has 2 saturated carbocycles. The number of aromatic nitrogens is 2. The van der Waals surface area contributed by atoms with E-state index in [9.17, 15) is 24.0 Å². The molecule has 3 heterocycles. The molecule has 1 aromatic heterocycles. The van der Waals surface area contributed by atoms with Gasteiger partial charge in [-0.2, -0.15) is 4.98 Å². The highest BCUT2D eigenvalue weighted by molar-refractivity contribution is 6.04. The minimum atomic E-state index is -0.727. The summed E-state index contributed by atoms with van der Waals surface area (Å²) in [5.74, 6) is 0.591. The number of carbonyl (C=O) groups excluding carboxylic acids is 5. The van der Waals surface area contributed by atoms with E-state index >= 15 is 0 Å². The summed E-state index contributed by atoms with van der Waals surface area (Å²) in [6, 6.07) is 2.97. The Kier molecular flexibility index (Phi) is 12.4. The van der Waals surface area contributed by atoms with Gasteiger partial charge in [0.25, 0.3) is 0 Å². The van der Waals surface area contributed by atoms with E-state index in [4.69, 9.17) is 23.9 Å². The van der Waals surface area contributed by atoms with Gasteiger partial charge in [0, 0.05) is 57.3 Å². The number of benzene rings is 1. The predicted molar refractivity (Wildman–Crippen MR) is 208 cm³/mol. The molecule has 56 heavy (non-hydrogen) atoms. The minimum Gasteiger partial charge on any atom is -0.491 e. The summed E-state index contributed by atoms with van der Waals surface area (Å²) in [7, 11) is 1.78. The third-order valence-electron chi connectivity index (χ3n) is 11.1. The van der Waals surface area contributed by atoms with Crippen LogP contribution in [-0.2, 0) is 35.0 Å². The molecule has 1 aromatic carbocycles. The van der Waals surface area contributed by atoms with Crippen LogP contribution in [0.4, 0.5) is 27.9 Å². The topological polar surface area (TPSA) is 179 Å². The fourth-order valence-corrected chi connectivity index (χ4v) is 8.70. The number of fused-ring (bicyclic) bond motifs is 2. The number of Topliss-reactive ketones (excluding diaryl/α,β-unsaturated/α-hetero) is 1. The molecule has 0 radical (unpaired) electrons. The summed E-state index contributed by atoms with van der Waals surface area (Å²) in [6.45, 7) is 10.4. The maximum atomic E-state index is 13.8. The van der Waals surface area contributed by atoms with Gasteiger partial charge < -0.3 is 39.4 Å². The van der Waals surface area contributed by atoms with E-state index in [-0.39, 0.29) is 42.5 Å². The summed E-state index contributed by atoms with van der Waals surface area (Å²) in [5, 5.41) is 6.14. The molecular weight excluding hydrogens is 720 g/mol. The molecule has 15 heteroatoms. The molecule has 4 aliphatic rings. The van der Waals surface area contributed by atoms with Crippen LogP contribution in [0.2, 0.25) is 0 Å². The number of esters is 2. The Morgan fingerprint density at radius 2 is 1.73 bits per heavy atom. The van der Waals surface area contributed by atoms with Gasteiger partial charge in [0.05, 0.1) is 24.5 Å². The summed E-state index contributed by atoms with van der Waals surface area (Å²) in [5.41, 5.74) is 2.03. The minimum absolute atomic E-state index is 0.0327. The average molecular weight is 777 g/mol. The third kappa shape index (κ3) is 9.18. The van der Waals surface area contributed by atoms with Crippen LogP contribution in [0.15, 0.2) is 18.3 Å². The zero-order valence-corrected chi connectivity index (χ0v) is 33.6. The molecule has 5 unspecified atom stereocenters. The number of anilines is 4. The van der Waals surface area contributed by atoms with E-state index in [1.165, 1.54) is 13.8 Å². The van der Waals surface area contributed by atoms with Crippen molar-refractivity contribution in [1.29, 1.82) is 0 Å². The zero-order chi connectivity index (χ0) is 40.3. The van der Waals surface area contributed by atoms with Crippen molar-refractivity contribution in [3.63, 3.8) is 0 Å². The van der Waals surface area contributed by atoms with Crippen LogP contribution in [0.25, 0.3) is 0 Å². The number of ether oxygens (including phenoxy) is 4. The number of nitrogens with zero attached hydrogens (tertiary/aromatic N) is 4. The van der Waals surface area contributed by atoms with Crippen molar-refractivity contribution in [2.75, 3.05) is 28.8 Å². The molecule has 2 aliphatic carbocycles. The molecule has 2 fully saturated rings. The predicted octanol–water partition coefficient (Wildman–Crippen LogP) is 6.18. The van der Waals surface area contributed by atoms with E-state index in [0.717, 1.165) is 37.1 Å². The lowest BCUT2D eigenvalue weighted by molar-refractivity contribution is -0.162. The first kappa shape index (κ1) is 40.7. The number of amides is 2. The summed E-state index contributed by atoms with van der Waals surface area (Å²) in [6.07, 6.45) is 7.23. The van der Waals surface area contributed by atoms with E-state index in [0.29, 0.717) is 67.3 Å². The van der Waals surface area contributed by atoms with Crippen molar-refractivity contribution in [2.24, 2.45) is 5.92 Å². The fourth-order valence-electron chi connectivity index (χ4n) is 8.70. The lowest BCUT2D eigenvalue weighted by Gasteiger charge is -2.43. The quantitative estimate of drug-likeness (QED) is 0.142. The van der Waals surface area contributed by atoms with Gasteiger partial charge in [0.1, 0.15) is 35.3 Å². The number of hydrogen-bond acceptors (Lipinski definition) is 13. The van der Waals surface area contributed by atoms with Crippen molar-refractivity contribution in [1.82, 2.24) is 15.3 Å². The first-order valence-corrected chi connectivity index (χ1v) is 20.0. The van der Waals surface area contributed by atoms with Crippen molar-refractivity contribution < 1.29 is 42.9 Å². The van der Waals surface area contributed by atoms with Gasteiger partial charge in [-0.25, -0.2) is 9.78 Å². The smallest absolute Gasteiger partial charge is 0.408 e. The van der Waals surface area contributed by atoms with Crippen LogP contribution in [0.5, 0.6) is 5.75 Å². The van der Waals surface area contributed by atoms with E-state index in [1.807, 2.05) is 19.1 Å². The van der Waals surface area contributed by atoms with Gasteiger partial charge in [-0.15, -0.1) is 0 Å². The molecule has 15 nitrogen and oxygen atoms in total. The van der Waals surface area contributed by atoms with E-state index < -0.39 is 41.9 Å². The SMILES string of the molecule is CCC1C(=O)N(C)c2cnc(Nc3ccc(C(=O)CCCC4CC(OC(C)=O)C(NC(=O)OC(C)(C)C)CC4OC(C)=O)c4c3OCC4)nc2N1C1CCCC1. The largest absolute Gasteiger partial charge is 0.491 e. The maximum absolute atomic E-state index is 13.8. The Balaban J connectivity index is 1.14. The van der Waals surface area contributed by atoms with E-state index in [2.05, 4.69) is 20.5 Å². The van der Waals surface area contributed by atoms with Gasteiger partial charge in [0.2, 0.25) is 11.9 Å². The van der Waals surface area contributed by atoms with Crippen molar-refractivity contribution in [2.45, 2.75) is 148 Å². The molecule has 2 aliphatic heterocycles. The second kappa shape index (κ2) is 17.0. The Hall–Kier alpha value is -4.95. The first-order chi connectivity index (χ1) is 26.6. The fraction of sp³-hybridized carbons (Fsp3) is 0.634. The van der Waals surface area contributed by atoms with Gasteiger partial charge >= 0.3 is 18.0 Å².